The summed E-state index contributed by atoms with van der Waals surface area (Å²) in [7, 11) is 0. The van der Waals surface area contributed by atoms with Gasteiger partial charge in [0.15, 0.2) is 0 Å². The highest BCUT2D eigenvalue weighted by atomic mass is 19.1. The normalized spacial score (nSPS) is 14.3. The van der Waals surface area contributed by atoms with E-state index in [1.807, 2.05) is 0 Å². The lowest BCUT2D eigenvalue weighted by molar-refractivity contribution is 0.269. The van der Waals surface area contributed by atoms with Gasteiger partial charge in [0.1, 0.15) is 17.3 Å². The van der Waals surface area contributed by atoms with E-state index in [1.54, 1.807) is 0 Å². The first-order valence-corrected chi connectivity index (χ1v) is 2.45. The van der Waals surface area contributed by atoms with Crippen molar-refractivity contribution < 1.29 is 16.6 Å². The molecule has 0 radical (unpaired) electrons. The molecular weight excluding hydrogens is 140 g/mol. The van der Waals surface area contributed by atoms with Crippen LogP contribution in [0.15, 0.2) is 12.3 Å². The van der Waals surface area contributed by atoms with Crippen LogP contribution < -0.4 is 0 Å². The standard InChI is InChI=1S/C6H5F2NO/c7-4-1-5(8)6(3-10)9-2-4/h1-2,10H,3H2/i3D2. The van der Waals surface area contributed by atoms with Crippen LogP contribution in [0.25, 0.3) is 0 Å². The highest BCUT2D eigenvalue weighted by Crippen LogP contribution is 2.04. The minimum Gasteiger partial charge on any atom is -0.390 e. The first-order valence-electron chi connectivity index (χ1n) is 3.45. The molecule has 0 atom stereocenters. The molecule has 0 aromatic carbocycles. The van der Waals surface area contributed by atoms with Crippen LogP contribution in [0.5, 0.6) is 0 Å². The molecule has 0 bridgehead atoms. The van der Waals surface area contributed by atoms with E-state index >= 15 is 0 Å². The van der Waals surface area contributed by atoms with E-state index in [1.165, 1.54) is 0 Å². The molecule has 0 spiro atoms. The molecule has 0 aliphatic heterocycles. The van der Waals surface area contributed by atoms with Crippen molar-refractivity contribution >= 4 is 0 Å². The summed E-state index contributed by atoms with van der Waals surface area (Å²) in [6, 6.07) is 0.455. The van der Waals surface area contributed by atoms with Crippen LogP contribution in [0.2, 0.25) is 0 Å². The topological polar surface area (TPSA) is 33.1 Å². The Morgan fingerprint density at radius 1 is 1.70 bits per heavy atom. The molecule has 1 heterocycles. The molecule has 0 amide bonds. The predicted molar refractivity (Wildman–Crippen MR) is 30.1 cm³/mol. The van der Waals surface area contributed by atoms with Gasteiger partial charge >= 0.3 is 0 Å². The Bertz CT molecular complexity index is 300. The van der Waals surface area contributed by atoms with E-state index in [9.17, 15) is 8.78 Å². The molecule has 10 heavy (non-hydrogen) atoms. The number of hydrogen-bond donors (Lipinski definition) is 1. The second-order valence-electron chi connectivity index (χ2n) is 1.60. The van der Waals surface area contributed by atoms with Crippen LogP contribution in [-0.2, 0) is 6.56 Å². The maximum absolute atomic E-state index is 12.6. The summed E-state index contributed by atoms with van der Waals surface area (Å²) >= 11 is 0. The zero-order chi connectivity index (χ0) is 9.35. The molecule has 1 N–H and O–H groups in total. The van der Waals surface area contributed by atoms with Gasteiger partial charge in [-0.3, -0.25) is 4.98 Å². The quantitative estimate of drug-likeness (QED) is 0.638. The van der Waals surface area contributed by atoms with Gasteiger partial charge < -0.3 is 5.11 Å². The van der Waals surface area contributed by atoms with Gasteiger partial charge in [0.05, 0.1) is 15.5 Å². The SMILES string of the molecule is [2H]C([2H])(O)c1ncc(F)cc1F. The molecule has 54 valence electrons. The van der Waals surface area contributed by atoms with E-state index in [-0.39, 0.29) is 0 Å². The number of halogens is 2. The van der Waals surface area contributed by atoms with Crippen molar-refractivity contribution in [1.82, 2.24) is 4.98 Å². The molecule has 1 aromatic rings. The van der Waals surface area contributed by atoms with Crippen molar-refractivity contribution in [3.8, 4) is 0 Å². The lowest BCUT2D eigenvalue weighted by Gasteiger charge is -1.95. The van der Waals surface area contributed by atoms with Crippen LogP contribution >= 0.6 is 0 Å². The van der Waals surface area contributed by atoms with Crippen molar-refractivity contribution in [2.45, 2.75) is 6.56 Å². The molecular formula is C6H5F2NO. The number of rotatable bonds is 1. The average Bonchev–Trinajstić information content (AvgIpc) is 1.83. The Hall–Kier alpha value is -1.03. The molecule has 2 nitrogen and oxygen atoms in total. The Kier molecular flexibility index (Phi) is 1.28. The summed E-state index contributed by atoms with van der Waals surface area (Å²) in [6.07, 6.45) is 0.631. The molecule has 0 saturated heterocycles. The Morgan fingerprint density at radius 3 is 2.90 bits per heavy atom. The second-order valence-corrected chi connectivity index (χ2v) is 1.60. The predicted octanol–water partition coefficient (Wildman–Crippen LogP) is 0.852. The third kappa shape index (κ3) is 1.27. The number of aromatic nitrogens is 1. The zero-order valence-corrected chi connectivity index (χ0v) is 4.81. The number of nitrogens with zero attached hydrogens (tertiary/aromatic N) is 1. The fourth-order valence-electron chi connectivity index (χ4n) is 0.497. The Balaban J connectivity index is 3.19. The van der Waals surface area contributed by atoms with Crippen LogP contribution in [-0.4, -0.2) is 10.1 Å². The lowest BCUT2D eigenvalue weighted by Crippen LogP contribution is -1.94. The second kappa shape index (κ2) is 2.70. The first-order chi connectivity index (χ1) is 5.41. The van der Waals surface area contributed by atoms with Gasteiger partial charge in [0.2, 0.25) is 0 Å². The summed E-state index contributed by atoms with van der Waals surface area (Å²) in [5.74, 6) is -2.12. The summed E-state index contributed by atoms with van der Waals surface area (Å²) < 4.78 is 38.2. The molecule has 1 rings (SSSR count). The van der Waals surface area contributed by atoms with Gasteiger partial charge in [-0.1, -0.05) is 0 Å². The molecule has 0 fully saturated rings. The van der Waals surface area contributed by atoms with Crippen molar-refractivity contribution in [2.75, 3.05) is 0 Å². The molecule has 0 aliphatic carbocycles. The van der Waals surface area contributed by atoms with E-state index in [4.69, 9.17) is 7.85 Å². The van der Waals surface area contributed by atoms with E-state index in [0.29, 0.717) is 12.3 Å². The van der Waals surface area contributed by atoms with Crippen molar-refractivity contribution in [2.24, 2.45) is 0 Å². The van der Waals surface area contributed by atoms with Gasteiger partial charge in [-0.2, -0.15) is 0 Å². The minimum absolute atomic E-state index is 0.455. The molecule has 4 heteroatoms. The number of hydrogen-bond acceptors (Lipinski definition) is 2. The van der Waals surface area contributed by atoms with Crippen molar-refractivity contribution in [3.63, 3.8) is 0 Å². The van der Waals surface area contributed by atoms with E-state index in [0.717, 1.165) is 0 Å². The fourth-order valence-corrected chi connectivity index (χ4v) is 0.497. The summed E-state index contributed by atoms with van der Waals surface area (Å²) in [6.45, 7) is -2.88. The van der Waals surface area contributed by atoms with Gasteiger partial charge in [-0.05, 0) is 0 Å². The van der Waals surface area contributed by atoms with Gasteiger partial charge in [-0.15, -0.1) is 0 Å². The van der Waals surface area contributed by atoms with Crippen LogP contribution in [0.1, 0.15) is 8.44 Å². The molecule has 0 unspecified atom stereocenters. The lowest BCUT2D eigenvalue weighted by atomic mass is 10.3. The van der Waals surface area contributed by atoms with Gasteiger partial charge in [0, 0.05) is 6.07 Å². The average molecular weight is 147 g/mol. The van der Waals surface area contributed by atoms with Gasteiger partial charge in [0.25, 0.3) is 0 Å². The first kappa shape index (κ1) is 4.73. The minimum atomic E-state index is -2.88. The summed E-state index contributed by atoms with van der Waals surface area (Å²) in [5, 5.41) is 8.67. The summed E-state index contributed by atoms with van der Waals surface area (Å²) in [4.78, 5) is 3.07. The largest absolute Gasteiger partial charge is 0.390 e. The fraction of sp³-hybridized carbons (Fsp3) is 0.167. The third-order valence-corrected chi connectivity index (χ3v) is 0.914. The van der Waals surface area contributed by atoms with Crippen LogP contribution in [0.3, 0.4) is 0 Å². The van der Waals surface area contributed by atoms with E-state index in [2.05, 4.69) is 4.98 Å². The molecule has 1 aromatic heterocycles. The molecule has 0 saturated carbocycles. The van der Waals surface area contributed by atoms with Crippen molar-refractivity contribution in [1.29, 1.82) is 0 Å². The Labute approximate surface area is 59.0 Å². The van der Waals surface area contributed by atoms with Crippen LogP contribution in [0.4, 0.5) is 8.78 Å². The summed E-state index contributed by atoms with van der Waals surface area (Å²) in [5.41, 5.74) is -0.816. The third-order valence-electron chi connectivity index (χ3n) is 0.914. The number of aliphatic hydroxyl groups is 1. The molecule has 0 aliphatic rings. The highest BCUT2D eigenvalue weighted by Gasteiger charge is 2.02. The zero-order valence-electron chi connectivity index (χ0n) is 6.81. The van der Waals surface area contributed by atoms with Crippen LogP contribution in [0, 0.1) is 11.6 Å². The van der Waals surface area contributed by atoms with Gasteiger partial charge in [-0.25, -0.2) is 8.78 Å². The Morgan fingerprint density at radius 2 is 2.40 bits per heavy atom. The monoisotopic (exact) mass is 147 g/mol. The maximum Gasteiger partial charge on any atom is 0.150 e. The van der Waals surface area contributed by atoms with E-state index < -0.39 is 23.9 Å². The maximum atomic E-state index is 12.6. The number of pyridine rings is 1. The smallest absolute Gasteiger partial charge is 0.150 e. The van der Waals surface area contributed by atoms with Crippen molar-refractivity contribution in [3.05, 3.63) is 29.6 Å². The highest BCUT2D eigenvalue weighted by molar-refractivity contribution is 5.07.